The summed E-state index contributed by atoms with van der Waals surface area (Å²) in [5.41, 5.74) is 3.75. The first-order valence-corrected chi connectivity index (χ1v) is 8.93. The Morgan fingerprint density at radius 2 is 2.00 bits per heavy atom. The first-order chi connectivity index (χ1) is 11.7. The largest absolute Gasteiger partial charge is 0.363 e. The fourth-order valence-electron chi connectivity index (χ4n) is 3.06. The van der Waals surface area contributed by atoms with E-state index >= 15 is 0 Å². The topological polar surface area (TPSA) is 40.8 Å². The van der Waals surface area contributed by atoms with Gasteiger partial charge in [0, 0.05) is 60.1 Å². The van der Waals surface area contributed by atoms with Crippen LogP contribution in [0.3, 0.4) is 0 Å². The van der Waals surface area contributed by atoms with Gasteiger partial charge in [0.05, 0.1) is 0 Å². The van der Waals surface area contributed by atoms with E-state index in [2.05, 4.69) is 42.7 Å². The molecule has 1 aromatic rings. The van der Waals surface area contributed by atoms with Crippen molar-refractivity contribution in [3.8, 4) is 0 Å². The number of hydrogen-bond donors (Lipinski definition) is 0. The van der Waals surface area contributed by atoms with Crippen LogP contribution in [0.4, 0.5) is 0 Å². The molecule has 0 aromatic carbocycles. The molecule has 0 bridgehead atoms. The fourth-order valence-corrected chi connectivity index (χ4v) is 3.06. The molecule has 0 aliphatic carbocycles. The van der Waals surface area contributed by atoms with Crippen molar-refractivity contribution in [2.75, 3.05) is 28.2 Å². The molecule has 1 heterocycles. The second-order valence-corrected chi connectivity index (χ2v) is 6.85. The highest BCUT2D eigenvalue weighted by Gasteiger charge is 2.20. The normalized spacial score (nSPS) is 13.4. The minimum absolute atomic E-state index is 0.122. The van der Waals surface area contributed by atoms with Gasteiger partial charge in [0.15, 0.2) is 0 Å². The molecular formula is C20H34N4O. The maximum Gasteiger partial charge on any atom is 0.219 e. The van der Waals surface area contributed by atoms with E-state index < -0.39 is 0 Å². The Bertz CT molecular complexity index is 640. The van der Waals surface area contributed by atoms with Crippen molar-refractivity contribution in [2.24, 2.45) is 12.0 Å². The number of nitrogens with zero attached hydrogens (tertiary/aromatic N) is 4. The summed E-state index contributed by atoms with van der Waals surface area (Å²) in [6.45, 7) is 5.95. The summed E-state index contributed by atoms with van der Waals surface area (Å²) in [6.07, 6.45) is 9.26. The third-order valence-corrected chi connectivity index (χ3v) is 4.85. The van der Waals surface area contributed by atoms with Crippen LogP contribution in [0, 0.1) is 6.92 Å². The van der Waals surface area contributed by atoms with Gasteiger partial charge in [0.25, 0.3) is 0 Å². The predicted octanol–water partition coefficient (Wildman–Crippen LogP) is 3.13. The van der Waals surface area contributed by atoms with E-state index in [9.17, 15) is 4.79 Å². The summed E-state index contributed by atoms with van der Waals surface area (Å²) >= 11 is 0. The molecule has 25 heavy (non-hydrogen) atoms. The van der Waals surface area contributed by atoms with E-state index in [0.29, 0.717) is 0 Å². The van der Waals surface area contributed by atoms with Gasteiger partial charge in [0.1, 0.15) is 5.84 Å². The zero-order valence-electron chi connectivity index (χ0n) is 17.1. The standard InChI is InChI=1S/C20H34N4O/c1-9-10-18(24(8)16(3)25)13-19-15(2)23(7)14-17(19)11-12-20(21-4)22(5)6/h11-12,14,18H,9-10,13H2,1-8H3/b12-11-,21-20?. The van der Waals surface area contributed by atoms with E-state index in [1.807, 2.05) is 37.0 Å². The molecule has 1 amide bonds. The number of likely N-dealkylation sites (N-methyl/N-ethyl adjacent to an activating group) is 2. The van der Waals surface area contributed by atoms with Gasteiger partial charge in [-0.05, 0) is 43.0 Å². The number of aromatic nitrogens is 1. The molecule has 0 saturated heterocycles. The van der Waals surface area contributed by atoms with Gasteiger partial charge < -0.3 is 14.4 Å². The molecule has 1 aromatic heterocycles. The molecule has 5 heteroatoms. The quantitative estimate of drug-likeness (QED) is 0.562. The highest BCUT2D eigenvalue weighted by molar-refractivity contribution is 5.96. The van der Waals surface area contributed by atoms with E-state index in [-0.39, 0.29) is 11.9 Å². The first-order valence-electron chi connectivity index (χ1n) is 8.93. The van der Waals surface area contributed by atoms with E-state index in [1.165, 1.54) is 16.8 Å². The average Bonchev–Trinajstić information content (AvgIpc) is 2.81. The molecule has 0 fully saturated rings. The zero-order chi connectivity index (χ0) is 19.1. The summed E-state index contributed by atoms with van der Waals surface area (Å²) in [5.74, 6) is 1.05. The van der Waals surface area contributed by atoms with E-state index in [4.69, 9.17) is 0 Å². The second-order valence-electron chi connectivity index (χ2n) is 6.85. The highest BCUT2D eigenvalue weighted by Crippen LogP contribution is 2.23. The highest BCUT2D eigenvalue weighted by atomic mass is 16.2. The molecule has 1 atom stereocenters. The Morgan fingerprint density at radius 3 is 2.48 bits per heavy atom. The maximum absolute atomic E-state index is 11.8. The Balaban J connectivity index is 3.18. The lowest BCUT2D eigenvalue weighted by atomic mass is 9.97. The average molecular weight is 347 g/mol. The Hall–Kier alpha value is -2.04. The SMILES string of the molecule is CCCC(Cc1c(/C=C\C(=NC)N(C)C)cn(C)c1C)N(C)C(C)=O. The number of aryl methyl sites for hydroxylation is 1. The van der Waals surface area contributed by atoms with Gasteiger partial charge in [-0.3, -0.25) is 9.79 Å². The molecule has 5 nitrogen and oxygen atoms in total. The molecule has 1 unspecified atom stereocenters. The Kier molecular flexibility index (Phi) is 7.94. The summed E-state index contributed by atoms with van der Waals surface area (Å²) < 4.78 is 2.16. The van der Waals surface area contributed by atoms with Crippen LogP contribution >= 0.6 is 0 Å². The fraction of sp³-hybridized carbons (Fsp3) is 0.600. The smallest absolute Gasteiger partial charge is 0.219 e. The van der Waals surface area contributed by atoms with Crippen molar-refractivity contribution < 1.29 is 4.79 Å². The molecule has 0 saturated carbocycles. The van der Waals surface area contributed by atoms with Crippen LogP contribution in [0.25, 0.3) is 6.08 Å². The Labute approximate surface area is 153 Å². The van der Waals surface area contributed by atoms with Gasteiger partial charge >= 0.3 is 0 Å². The number of carbonyl (C=O) groups excluding carboxylic acids is 1. The summed E-state index contributed by atoms with van der Waals surface area (Å²) in [5, 5.41) is 0. The number of aliphatic imine (C=N–C) groups is 1. The molecule has 0 aliphatic heterocycles. The van der Waals surface area contributed by atoms with Crippen LogP contribution < -0.4 is 0 Å². The van der Waals surface area contributed by atoms with Gasteiger partial charge in [-0.2, -0.15) is 0 Å². The van der Waals surface area contributed by atoms with Crippen LogP contribution in [0.15, 0.2) is 17.3 Å². The zero-order valence-corrected chi connectivity index (χ0v) is 17.1. The monoisotopic (exact) mass is 346 g/mol. The van der Waals surface area contributed by atoms with Crippen LogP contribution in [0.5, 0.6) is 0 Å². The lowest BCUT2D eigenvalue weighted by Gasteiger charge is -2.27. The van der Waals surface area contributed by atoms with Crippen LogP contribution in [-0.4, -0.2) is 60.3 Å². The molecule has 0 aliphatic rings. The van der Waals surface area contributed by atoms with Crippen LogP contribution in [-0.2, 0) is 18.3 Å². The van der Waals surface area contributed by atoms with Crippen LogP contribution in [0.1, 0.15) is 43.5 Å². The molecule has 140 valence electrons. The molecule has 1 rings (SSSR count). The van der Waals surface area contributed by atoms with Crippen molar-refractivity contribution in [1.29, 1.82) is 0 Å². The minimum Gasteiger partial charge on any atom is -0.363 e. The lowest BCUT2D eigenvalue weighted by molar-refractivity contribution is -0.129. The molecule has 0 spiro atoms. The van der Waals surface area contributed by atoms with Gasteiger partial charge in [-0.1, -0.05) is 13.3 Å². The number of carbonyl (C=O) groups is 1. The second kappa shape index (κ2) is 9.44. The minimum atomic E-state index is 0.122. The van der Waals surface area contributed by atoms with Gasteiger partial charge in [-0.15, -0.1) is 0 Å². The maximum atomic E-state index is 11.8. The predicted molar refractivity (Wildman–Crippen MR) is 107 cm³/mol. The summed E-state index contributed by atoms with van der Waals surface area (Å²) in [4.78, 5) is 20.0. The third kappa shape index (κ3) is 5.48. The number of amidine groups is 1. The summed E-state index contributed by atoms with van der Waals surface area (Å²) in [6, 6.07) is 0.226. The Morgan fingerprint density at radius 1 is 1.36 bits per heavy atom. The molecule has 0 N–H and O–H groups in total. The van der Waals surface area contributed by atoms with Crippen molar-refractivity contribution in [3.63, 3.8) is 0 Å². The summed E-state index contributed by atoms with van der Waals surface area (Å²) in [7, 11) is 9.76. The van der Waals surface area contributed by atoms with Crippen molar-refractivity contribution in [3.05, 3.63) is 29.1 Å². The lowest BCUT2D eigenvalue weighted by Crippen LogP contribution is -2.37. The molecular weight excluding hydrogens is 312 g/mol. The van der Waals surface area contributed by atoms with Crippen LogP contribution in [0.2, 0.25) is 0 Å². The van der Waals surface area contributed by atoms with E-state index in [1.54, 1.807) is 14.0 Å². The van der Waals surface area contributed by atoms with Crippen molar-refractivity contribution >= 4 is 17.8 Å². The van der Waals surface area contributed by atoms with E-state index in [0.717, 1.165) is 25.1 Å². The van der Waals surface area contributed by atoms with Crippen molar-refractivity contribution in [1.82, 2.24) is 14.4 Å². The number of rotatable bonds is 7. The van der Waals surface area contributed by atoms with Crippen molar-refractivity contribution in [2.45, 2.75) is 46.1 Å². The number of hydrogen-bond acceptors (Lipinski definition) is 2. The first kappa shape index (κ1) is 21.0. The number of amides is 1. The van der Waals surface area contributed by atoms with Gasteiger partial charge in [0.2, 0.25) is 5.91 Å². The molecule has 0 radical (unpaired) electrons. The third-order valence-electron chi connectivity index (χ3n) is 4.85. The van der Waals surface area contributed by atoms with Gasteiger partial charge in [-0.25, -0.2) is 0 Å².